The van der Waals surface area contributed by atoms with Crippen LogP contribution in [0.15, 0.2) is 82.4 Å². The predicted octanol–water partition coefficient (Wildman–Crippen LogP) is 4.45. The first-order chi connectivity index (χ1) is 15.9. The fourth-order valence-electron chi connectivity index (χ4n) is 3.81. The van der Waals surface area contributed by atoms with Crippen molar-refractivity contribution in [2.45, 2.75) is 13.5 Å². The molecule has 6 nitrogen and oxygen atoms in total. The van der Waals surface area contributed by atoms with Crippen LogP contribution in [0.25, 0.3) is 26.0 Å². The summed E-state index contributed by atoms with van der Waals surface area (Å²) in [5.74, 6) is -0.941. The number of amides is 1. The number of para-hydroxylation sites is 1. The zero-order valence-corrected chi connectivity index (χ0v) is 18.4. The van der Waals surface area contributed by atoms with E-state index in [2.05, 4.69) is 5.32 Å². The van der Waals surface area contributed by atoms with Crippen LogP contribution in [0.5, 0.6) is 0 Å². The largest absolute Gasteiger partial charge is 0.336 e. The number of rotatable bonds is 4. The molecule has 1 N–H and O–H groups in total. The number of carbonyl (C=O) groups is 1. The Bertz CT molecular complexity index is 1650. The van der Waals surface area contributed by atoms with Gasteiger partial charge in [-0.3, -0.25) is 14.2 Å². The van der Waals surface area contributed by atoms with Crippen LogP contribution in [-0.4, -0.2) is 15.0 Å². The Morgan fingerprint density at radius 1 is 1.00 bits per heavy atom. The normalized spacial score (nSPS) is 11.2. The minimum absolute atomic E-state index is 0.115. The van der Waals surface area contributed by atoms with E-state index in [9.17, 15) is 18.8 Å². The molecule has 0 saturated carbocycles. The van der Waals surface area contributed by atoms with E-state index in [4.69, 9.17) is 0 Å². The van der Waals surface area contributed by atoms with E-state index in [1.54, 1.807) is 31.2 Å². The Kier molecular flexibility index (Phi) is 5.14. The summed E-state index contributed by atoms with van der Waals surface area (Å²) in [5, 5.41) is 3.48. The maximum absolute atomic E-state index is 14.3. The highest BCUT2D eigenvalue weighted by atomic mass is 32.1. The molecule has 2 aromatic heterocycles. The molecular formula is C25H18FN3O3S. The van der Waals surface area contributed by atoms with Gasteiger partial charge >= 0.3 is 5.69 Å². The van der Waals surface area contributed by atoms with Crippen molar-refractivity contribution in [1.29, 1.82) is 0 Å². The lowest BCUT2D eigenvalue weighted by atomic mass is 10.2. The number of hydrogen-bond donors (Lipinski definition) is 1. The average Bonchev–Trinajstić information content (AvgIpc) is 3.20. The molecule has 0 aliphatic carbocycles. The smallest absolute Gasteiger partial charge is 0.325 e. The molecule has 0 spiro atoms. The molecule has 8 heteroatoms. The monoisotopic (exact) mass is 459 g/mol. The third-order valence-electron chi connectivity index (χ3n) is 5.43. The molecule has 164 valence electrons. The lowest BCUT2D eigenvalue weighted by molar-refractivity contribution is -0.116. The summed E-state index contributed by atoms with van der Waals surface area (Å²) >= 11 is 1.24. The van der Waals surface area contributed by atoms with Crippen molar-refractivity contribution >= 4 is 43.2 Å². The molecule has 3 aromatic carbocycles. The van der Waals surface area contributed by atoms with Crippen molar-refractivity contribution in [1.82, 2.24) is 9.13 Å². The third-order valence-corrected chi connectivity index (χ3v) is 6.58. The summed E-state index contributed by atoms with van der Waals surface area (Å²) in [4.78, 5) is 39.8. The molecule has 1 amide bonds. The predicted molar refractivity (Wildman–Crippen MR) is 129 cm³/mol. The number of aryl methyl sites for hydroxylation is 1. The quantitative estimate of drug-likeness (QED) is 0.432. The van der Waals surface area contributed by atoms with E-state index < -0.39 is 23.0 Å². The molecule has 0 fully saturated rings. The Morgan fingerprint density at radius 3 is 2.48 bits per heavy atom. The van der Waals surface area contributed by atoms with Crippen LogP contribution < -0.4 is 16.6 Å². The van der Waals surface area contributed by atoms with Crippen LogP contribution in [0.1, 0.15) is 5.56 Å². The Labute approximate surface area is 191 Å². The van der Waals surface area contributed by atoms with E-state index in [-0.39, 0.29) is 12.2 Å². The number of anilines is 1. The number of halogens is 1. The van der Waals surface area contributed by atoms with E-state index in [0.29, 0.717) is 26.9 Å². The number of aromatic nitrogens is 2. The highest BCUT2D eigenvalue weighted by Crippen LogP contribution is 2.31. The van der Waals surface area contributed by atoms with Gasteiger partial charge in [-0.25, -0.2) is 13.8 Å². The SMILES string of the molecule is Cc1ccc(-n2c(=O)c3sc4ccccc4c3n(CC(=O)Nc3ccccc3)c2=O)cc1F. The van der Waals surface area contributed by atoms with Gasteiger partial charge in [-0.1, -0.05) is 42.5 Å². The molecule has 0 radical (unpaired) electrons. The second-order valence-corrected chi connectivity index (χ2v) is 8.69. The fraction of sp³-hybridized carbons (Fsp3) is 0.0800. The van der Waals surface area contributed by atoms with E-state index in [1.807, 2.05) is 30.3 Å². The summed E-state index contributed by atoms with van der Waals surface area (Å²) in [5.41, 5.74) is 0.261. The Morgan fingerprint density at radius 2 is 1.73 bits per heavy atom. The average molecular weight is 460 g/mol. The lowest BCUT2D eigenvalue weighted by Gasteiger charge is -2.13. The van der Waals surface area contributed by atoms with Crippen molar-refractivity contribution < 1.29 is 9.18 Å². The number of benzene rings is 3. The standard InChI is InChI=1S/C25H18FN3O3S/c1-15-11-12-17(13-19(15)26)29-24(31)23-22(18-9-5-6-10-20(18)33-23)28(25(29)32)14-21(30)27-16-7-3-2-4-8-16/h2-13H,14H2,1H3,(H,27,30). The van der Waals surface area contributed by atoms with Gasteiger partial charge in [-0.2, -0.15) is 0 Å². The number of fused-ring (bicyclic) bond motifs is 3. The fourth-order valence-corrected chi connectivity index (χ4v) is 4.95. The van der Waals surface area contributed by atoms with Crippen molar-refractivity contribution in [2.24, 2.45) is 0 Å². The van der Waals surface area contributed by atoms with Crippen LogP contribution in [0, 0.1) is 12.7 Å². The molecule has 0 unspecified atom stereocenters. The Hall–Kier alpha value is -4.04. The van der Waals surface area contributed by atoms with Crippen molar-refractivity contribution in [3.05, 3.63) is 105 Å². The molecule has 5 rings (SSSR count). The van der Waals surface area contributed by atoms with Gasteiger partial charge in [0.15, 0.2) is 0 Å². The molecule has 0 aliphatic rings. The number of thiophene rings is 1. The Balaban J connectivity index is 1.75. The maximum Gasteiger partial charge on any atom is 0.336 e. The van der Waals surface area contributed by atoms with Gasteiger partial charge in [0.2, 0.25) is 5.91 Å². The lowest BCUT2D eigenvalue weighted by Crippen LogP contribution is -2.40. The van der Waals surface area contributed by atoms with Crippen LogP contribution in [0.2, 0.25) is 0 Å². The minimum atomic E-state index is -0.706. The first-order valence-corrected chi connectivity index (χ1v) is 11.0. The number of nitrogens with one attached hydrogen (secondary N) is 1. The van der Waals surface area contributed by atoms with E-state index in [0.717, 1.165) is 15.3 Å². The third kappa shape index (κ3) is 3.64. The van der Waals surface area contributed by atoms with Crippen molar-refractivity contribution in [2.75, 3.05) is 5.32 Å². The second-order valence-electron chi connectivity index (χ2n) is 7.63. The minimum Gasteiger partial charge on any atom is -0.325 e. The zero-order valence-electron chi connectivity index (χ0n) is 17.5. The van der Waals surface area contributed by atoms with Gasteiger partial charge in [0.25, 0.3) is 5.56 Å². The van der Waals surface area contributed by atoms with Crippen LogP contribution in [0.3, 0.4) is 0 Å². The molecule has 0 aliphatic heterocycles. The van der Waals surface area contributed by atoms with Gasteiger partial charge in [-0.15, -0.1) is 11.3 Å². The van der Waals surface area contributed by atoms with Crippen LogP contribution in [-0.2, 0) is 11.3 Å². The highest BCUT2D eigenvalue weighted by Gasteiger charge is 2.21. The van der Waals surface area contributed by atoms with Crippen molar-refractivity contribution in [3.63, 3.8) is 0 Å². The number of nitrogens with zero attached hydrogens (tertiary/aromatic N) is 2. The number of carbonyl (C=O) groups excluding carboxylic acids is 1. The summed E-state index contributed by atoms with van der Waals surface area (Å²) in [6, 6.07) is 20.4. The molecule has 0 saturated heterocycles. The highest BCUT2D eigenvalue weighted by molar-refractivity contribution is 7.25. The summed E-state index contributed by atoms with van der Waals surface area (Å²) in [7, 11) is 0. The first kappa shape index (κ1) is 20.8. The molecule has 33 heavy (non-hydrogen) atoms. The molecule has 2 heterocycles. The summed E-state index contributed by atoms with van der Waals surface area (Å²) < 4.78 is 17.6. The summed E-state index contributed by atoms with van der Waals surface area (Å²) in [6.07, 6.45) is 0. The van der Waals surface area contributed by atoms with Crippen LogP contribution in [0.4, 0.5) is 10.1 Å². The van der Waals surface area contributed by atoms with E-state index in [1.165, 1.54) is 28.0 Å². The van der Waals surface area contributed by atoms with Gasteiger partial charge in [-0.05, 0) is 42.8 Å². The molecule has 0 bridgehead atoms. The second kappa shape index (κ2) is 8.14. The van der Waals surface area contributed by atoms with E-state index >= 15 is 0 Å². The molecular weight excluding hydrogens is 441 g/mol. The van der Waals surface area contributed by atoms with Crippen molar-refractivity contribution in [3.8, 4) is 5.69 Å². The van der Waals surface area contributed by atoms with Gasteiger partial charge < -0.3 is 5.32 Å². The molecule has 0 atom stereocenters. The number of hydrogen-bond acceptors (Lipinski definition) is 4. The van der Waals surface area contributed by atoms with Gasteiger partial charge in [0.1, 0.15) is 17.1 Å². The first-order valence-electron chi connectivity index (χ1n) is 10.2. The zero-order chi connectivity index (χ0) is 23.1. The van der Waals surface area contributed by atoms with Crippen LogP contribution >= 0.6 is 11.3 Å². The topological polar surface area (TPSA) is 73.1 Å². The van der Waals surface area contributed by atoms with Gasteiger partial charge in [0, 0.05) is 15.8 Å². The summed E-state index contributed by atoms with van der Waals surface area (Å²) in [6.45, 7) is 1.29. The van der Waals surface area contributed by atoms with Gasteiger partial charge in [0.05, 0.1) is 11.2 Å². The molecule has 5 aromatic rings. The maximum atomic E-state index is 14.3.